The summed E-state index contributed by atoms with van der Waals surface area (Å²) in [6.45, 7) is 8.69. The molecular weight excluding hydrogens is 564 g/mol. The minimum absolute atomic E-state index is 0.0911. The highest BCUT2D eigenvalue weighted by Crippen LogP contribution is 2.27. The van der Waals surface area contributed by atoms with Crippen molar-refractivity contribution in [3.63, 3.8) is 0 Å². The number of piperazine rings is 1. The Hall–Kier alpha value is -3.10. The van der Waals surface area contributed by atoms with Crippen LogP contribution in [0.1, 0.15) is 69.6 Å². The first-order valence-electron chi connectivity index (χ1n) is 15.7. The highest BCUT2D eigenvalue weighted by molar-refractivity contribution is 6.30. The van der Waals surface area contributed by atoms with E-state index in [0.717, 1.165) is 29.8 Å². The highest BCUT2D eigenvalue weighted by Gasteiger charge is 2.39. The van der Waals surface area contributed by atoms with Gasteiger partial charge in [0.2, 0.25) is 11.8 Å². The molecule has 1 aliphatic carbocycles. The van der Waals surface area contributed by atoms with E-state index in [0.29, 0.717) is 37.0 Å². The van der Waals surface area contributed by atoms with E-state index < -0.39 is 23.8 Å². The quantitative estimate of drug-likeness (QED) is 0.487. The average molecular weight is 609 g/mol. The molecule has 1 N–H and O–H groups in total. The zero-order chi connectivity index (χ0) is 30.6. The van der Waals surface area contributed by atoms with Crippen molar-refractivity contribution in [3.8, 4) is 0 Å². The number of nitrogens with zero attached hydrogens (tertiary/aromatic N) is 3. The monoisotopic (exact) mass is 608 g/mol. The Balaban J connectivity index is 1.34. The Morgan fingerprint density at radius 3 is 2.23 bits per heavy atom. The lowest BCUT2D eigenvalue weighted by Crippen LogP contribution is -2.60. The molecule has 0 unspecified atom stereocenters. The molecule has 5 rings (SSSR count). The van der Waals surface area contributed by atoms with Gasteiger partial charge in [-0.05, 0) is 62.4 Å². The molecule has 1 saturated heterocycles. The maximum Gasteiger partial charge on any atom is 0.411 e. The second kappa shape index (κ2) is 13.7. The molecule has 2 atom stereocenters. The summed E-state index contributed by atoms with van der Waals surface area (Å²) >= 11 is 6.13. The Morgan fingerprint density at radius 2 is 1.58 bits per heavy atom. The number of hydrogen-bond acceptors (Lipinski definition) is 5. The fourth-order valence-corrected chi connectivity index (χ4v) is 6.69. The van der Waals surface area contributed by atoms with E-state index in [1.54, 1.807) is 12.1 Å². The van der Waals surface area contributed by atoms with E-state index in [4.69, 9.17) is 16.3 Å². The summed E-state index contributed by atoms with van der Waals surface area (Å²) in [6, 6.07) is 14.3. The number of rotatable bonds is 6. The van der Waals surface area contributed by atoms with Crippen molar-refractivity contribution in [1.82, 2.24) is 20.0 Å². The number of ether oxygens (including phenoxy) is 1. The Kier molecular flexibility index (Phi) is 9.97. The maximum atomic E-state index is 14.0. The largest absolute Gasteiger partial charge is 0.444 e. The van der Waals surface area contributed by atoms with Crippen LogP contribution in [0, 0.1) is 0 Å². The van der Waals surface area contributed by atoms with Crippen LogP contribution >= 0.6 is 11.6 Å². The summed E-state index contributed by atoms with van der Waals surface area (Å²) in [7, 11) is 0. The van der Waals surface area contributed by atoms with Gasteiger partial charge in [0.1, 0.15) is 17.7 Å². The number of benzene rings is 2. The molecule has 232 valence electrons. The second-order valence-electron chi connectivity index (χ2n) is 13.1. The minimum atomic E-state index is -0.798. The average Bonchev–Trinajstić information content (AvgIpc) is 3.00. The van der Waals surface area contributed by atoms with Crippen LogP contribution in [0.15, 0.2) is 48.5 Å². The second-order valence-corrected chi connectivity index (χ2v) is 13.6. The van der Waals surface area contributed by atoms with Crippen molar-refractivity contribution in [2.24, 2.45) is 0 Å². The normalized spacial score (nSPS) is 20.7. The van der Waals surface area contributed by atoms with Gasteiger partial charge in [-0.3, -0.25) is 19.4 Å². The van der Waals surface area contributed by atoms with Crippen LogP contribution < -0.4 is 5.32 Å². The van der Waals surface area contributed by atoms with Gasteiger partial charge in [0, 0.05) is 50.1 Å². The van der Waals surface area contributed by atoms with E-state index in [-0.39, 0.29) is 18.4 Å². The molecule has 0 spiro atoms. The zero-order valence-electron chi connectivity index (χ0n) is 25.7. The first kappa shape index (κ1) is 31.3. The van der Waals surface area contributed by atoms with Gasteiger partial charge in [-0.15, -0.1) is 0 Å². The lowest BCUT2D eigenvalue weighted by molar-refractivity contribution is -0.139. The topological polar surface area (TPSA) is 82.2 Å². The Labute approximate surface area is 260 Å². The number of carbonyl (C=O) groups is 3. The number of hydrogen-bond donors (Lipinski definition) is 1. The summed E-state index contributed by atoms with van der Waals surface area (Å²) in [5, 5.41) is 3.69. The van der Waals surface area contributed by atoms with Crippen LogP contribution in [-0.4, -0.2) is 82.5 Å². The van der Waals surface area contributed by atoms with E-state index in [2.05, 4.69) is 10.2 Å². The lowest BCUT2D eigenvalue weighted by atomic mass is 9.93. The van der Waals surface area contributed by atoms with Gasteiger partial charge in [-0.2, -0.15) is 0 Å². The van der Waals surface area contributed by atoms with Gasteiger partial charge in [0.25, 0.3) is 0 Å². The van der Waals surface area contributed by atoms with Crippen molar-refractivity contribution in [2.45, 2.75) is 96.0 Å². The third kappa shape index (κ3) is 8.09. The molecule has 3 aliphatic rings. The summed E-state index contributed by atoms with van der Waals surface area (Å²) in [4.78, 5) is 47.3. The van der Waals surface area contributed by atoms with E-state index >= 15 is 0 Å². The molecule has 3 amide bonds. The van der Waals surface area contributed by atoms with Crippen molar-refractivity contribution >= 4 is 29.5 Å². The molecule has 0 radical (unpaired) electrons. The molecule has 2 heterocycles. The van der Waals surface area contributed by atoms with Gasteiger partial charge in [-0.1, -0.05) is 67.3 Å². The van der Waals surface area contributed by atoms with Crippen molar-refractivity contribution in [1.29, 1.82) is 0 Å². The van der Waals surface area contributed by atoms with Gasteiger partial charge in [-0.25, -0.2) is 4.79 Å². The zero-order valence-corrected chi connectivity index (χ0v) is 26.4. The number of amides is 3. The van der Waals surface area contributed by atoms with Gasteiger partial charge in [0.05, 0.1) is 6.54 Å². The van der Waals surface area contributed by atoms with Gasteiger partial charge >= 0.3 is 6.09 Å². The SMILES string of the molecule is CC(C)(C)OC(=O)N1Cc2ccccc2C[C@@H]1C(=O)N[C@H](Cc1ccc(Cl)cc1)C(=O)N1CCN(C2CCCCC2)CC1. The fraction of sp³-hybridized carbons (Fsp3) is 0.559. The van der Waals surface area contributed by atoms with E-state index in [1.807, 2.05) is 62.1 Å². The van der Waals surface area contributed by atoms with E-state index in [9.17, 15) is 14.4 Å². The third-order valence-electron chi connectivity index (χ3n) is 8.86. The first-order chi connectivity index (χ1) is 20.6. The molecule has 1 saturated carbocycles. The first-order valence-corrected chi connectivity index (χ1v) is 16.1. The summed E-state index contributed by atoms with van der Waals surface area (Å²) in [5.74, 6) is -0.444. The van der Waals surface area contributed by atoms with Crippen LogP contribution in [-0.2, 0) is 33.7 Å². The lowest BCUT2D eigenvalue weighted by Gasteiger charge is -2.42. The molecule has 0 aromatic heterocycles. The van der Waals surface area contributed by atoms with Crippen LogP contribution in [0.2, 0.25) is 5.02 Å². The molecule has 2 fully saturated rings. The van der Waals surface area contributed by atoms with Gasteiger partial charge in [0.15, 0.2) is 0 Å². The molecule has 2 aromatic rings. The number of fused-ring (bicyclic) bond motifs is 1. The maximum absolute atomic E-state index is 14.0. The molecule has 43 heavy (non-hydrogen) atoms. The number of halogens is 1. The van der Waals surface area contributed by atoms with Crippen LogP contribution in [0.5, 0.6) is 0 Å². The Bertz CT molecular complexity index is 1280. The number of carbonyl (C=O) groups excluding carboxylic acids is 3. The predicted molar refractivity (Wildman–Crippen MR) is 168 cm³/mol. The summed E-state index contributed by atoms with van der Waals surface area (Å²) in [5.41, 5.74) is 2.20. The minimum Gasteiger partial charge on any atom is -0.444 e. The van der Waals surface area contributed by atoms with E-state index in [1.165, 1.54) is 37.0 Å². The molecule has 0 bridgehead atoms. The smallest absolute Gasteiger partial charge is 0.411 e. The van der Waals surface area contributed by atoms with Crippen LogP contribution in [0.3, 0.4) is 0 Å². The van der Waals surface area contributed by atoms with Crippen LogP contribution in [0.25, 0.3) is 0 Å². The fourth-order valence-electron chi connectivity index (χ4n) is 6.57. The van der Waals surface area contributed by atoms with Gasteiger partial charge < -0.3 is 15.0 Å². The number of nitrogens with one attached hydrogen (secondary N) is 1. The molecule has 2 aliphatic heterocycles. The van der Waals surface area contributed by atoms with Crippen molar-refractivity contribution in [3.05, 3.63) is 70.2 Å². The summed E-state index contributed by atoms with van der Waals surface area (Å²) in [6.07, 6.45) is 6.50. The standard InChI is InChI=1S/C34H45ClN4O4/c1-34(2,3)43-33(42)39-23-26-10-8-7-9-25(26)22-30(39)31(40)36-29(21-24-13-15-27(35)16-14-24)32(41)38-19-17-37(18-20-38)28-11-5-4-6-12-28/h7-10,13-16,28-30H,4-6,11-12,17-23H2,1-3H3,(H,36,40)/t29-,30-/m1/s1. The molecule has 2 aromatic carbocycles. The predicted octanol–water partition coefficient (Wildman–Crippen LogP) is 5.21. The molecule has 9 heteroatoms. The van der Waals surface area contributed by atoms with Crippen LogP contribution in [0.4, 0.5) is 4.79 Å². The van der Waals surface area contributed by atoms with Crippen molar-refractivity contribution in [2.75, 3.05) is 26.2 Å². The molecule has 8 nitrogen and oxygen atoms in total. The third-order valence-corrected chi connectivity index (χ3v) is 9.12. The Morgan fingerprint density at radius 1 is 0.930 bits per heavy atom. The molecular formula is C34H45ClN4O4. The van der Waals surface area contributed by atoms with Crippen molar-refractivity contribution < 1.29 is 19.1 Å². The summed E-state index contributed by atoms with van der Waals surface area (Å²) < 4.78 is 5.70. The highest BCUT2D eigenvalue weighted by atomic mass is 35.5.